The molecule has 0 unspecified atom stereocenters. The molecule has 0 N–H and O–H groups in total. The second-order valence-electron chi connectivity index (χ2n) is 5.01. The van der Waals surface area contributed by atoms with Crippen molar-refractivity contribution in [2.75, 3.05) is 0 Å². The molecule has 3 aromatic carbocycles. The van der Waals surface area contributed by atoms with E-state index in [9.17, 15) is 0 Å². The molecule has 0 heteroatoms. The van der Waals surface area contributed by atoms with Crippen molar-refractivity contribution in [1.29, 1.82) is 0 Å². The van der Waals surface area contributed by atoms with Crippen LogP contribution >= 0.6 is 0 Å². The summed E-state index contributed by atoms with van der Waals surface area (Å²) < 4.78 is 0. The molecule has 96 valence electrons. The lowest BCUT2D eigenvalue weighted by molar-refractivity contribution is 1.47. The Labute approximate surface area is 115 Å². The van der Waals surface area contributed by atoms with E-state index in [1.54, 1.807) is 0 Å². The highest BCUT2D eigenvalue weighted by molar-refractivity contribution is 5.83. The summed E-state index contributed by atoms with van der Waals surface area (Å²) >= 11 is 0. The molecule has 0 heterocycles. The highest BCUT2D eigenvalue weighted by Crippen LogP contribution is 2.16. The fourth-order valence-electron chi connectivity index (χ4n) is 2.02. The number of hydrogen-bond acceptors (Lipinski definition) is 0. The fourth-order valence-corrected chi connectivity index (χ4v) is 2.02. The van der Waals surface area contributed by atoms with Gasteiger partial charge in [-0.3, -0.25) is 0 Å². The van der Waals surface area contributed by atoms with Gasteiger partial charge in [0.1, 0.15) is 0 Å². The molecule has 0 saturated carbocycles. The first-order valence-corrected chi connectivity index (χ1v) is 6.64. The zero-order valence-corrected chi connectivity index (χ0v) is 11.9. The highest BCUT2D eigenvalue weighted by atomic mass is 14.0. The Balaban J connectivity index is 0.000000163. The van der Waals surface area contributed by atoms with Gasteiger partial charge in [0.2, 0.25) is 0 Å². The molecule has 3 rings (SSSR count). The molecule has 0 bridgehead atoms. The van der Waals surface area contributed by atoms with Gasteiger partial charge in [-0.2, -0.15) is 0 Å². The van der Waals surface area contributed by atoms with Crippen LogP contribution in [-0.2, 0) is 0 Å². The SMILES string of the molecule is Cc1ccc2cc(C)ccc2c1.Cc1ccccc1. The van der Waals surface area contributed by atoms with Crippen LogP contribution in [0.5, 0.6) is 0 Å². The number of hydrogen-bond donors (Lipinski definition) is 0. The van der Waals surface area contributed by atoms with Gasteiger partial charge < -0.3 is 0 Å². The maximum absolute atomic E-state index is 2.22. The topological polar surface area (TPSA) is 0 Å². The lowest BCUT2D eigenvalue weighted by Gasteiger charge is -1.99. The Bertz CT molecular complexity index is 610. The second kappa shape index (κ2) is 6.19. The van der Waals surface area contributed by atoms with Crippen molar-refractivity contribution in [3.8, 4) is 0 Å². The van der Waals surface area contributed by atoms with Crippen LogP contribution < -0.4 is 0 Å². The summed E-state index contributed by atoms with van der Waals surface area (Å²) in [6, 6.07) is 23.4. The van der Waals surface area contributed by atoms with Gasteiger partial charge in [-0.1, -0.05) is 83.4 Å². The van der Waals surface area contributed by atoms with Crippen molar-refractivity contribution in [2.45, 2.75) is 20.8 Å². The lowest BCUT2D eigenvalue weighted by Crippen LogP contribution is -1.76. The molecule has 0 aliphatic carbocycles. The van der Waals surface area contributed by atoms with Gasteiger partial charge in [0, 0.05) is 0 Å². The number of fused-ring (bicyclic) bond motifs is 1. The van der Waals surface area contributed by atoms with Crippen molar-refractivity contribution < 1.29 is 0 Å². The molecular formula is C19H20. The van der Waals surface area contributed by atoms with Crippen LogP contribution in [0.4, 0.5) is 0 Å². The Hall–Kier alpha value is -2.08. The Morgan fingerprint density at radius 1 is 0.474 bits per heavy atom. The molecule has 0 aromatic heterocycles. The molecule has 0 amide bonds. The van der Waals surface area contributed by atoms with Gasteiger partial charge in [-0.15, -0.1) is 0 Å². The van der Waals surface area contributed by atoms with Crippen molar-refractivity contribution in [1.82, 2.24) is 0 Å². The number of aryl methyl sites for hydroxylation is 3. The standard InChI is InChI=1S/C12H12.C7H8/c1-9-3-5-12-8-10(2)4-6-11(12)7-9;1-7-5-3-2-4-6-7/h3-8H,1-2H3;2-6H,1H3. The van der Waals surface area contributed by atoms with E-state index in [2.05, 4.69) is 69.3 Å². The predicted octanol–water partition coefficient (Wildman–Crippen LogP) is 5.45. The molecule has 0 fully saturated rings. The molecule has 0 nitrogen and oxygen atoms in total. The third-order valence-corrected chi connectivity index (χ3v) is 3.09. The molecule has 19 heavy (non-hydrogen) atoms. The van der Waals surface area contributed by atoms with Gasteiger partial charge in [0.05, 0.1) is 0 Å². The van der Waals surface area contributed by atoms with Gasteiger partial charge in [-0.05, 0) is 31.5 Å². The maximum Gasteiger partial charge on any atom is -0.0181 e. The van der Waals surface area contributed by atoms with Crippen LogP contribution in [0.3, 0.4) is 0 Å². The summed E-state index contributed by atoms with van der Waals surface area (Å²) in [6.45, 7) is 6.33. The monoisotopic (exact) mass is 248 g/mol. The van der Waals surface area contributed by atoms with E-state index in [-0.39, 0.29) is 0 Å². The van der Waals surface area contributed by atoms with E-state index in [1.807, 2.05) is 18.2 Å². The molecule has 0 atom stereocenters. The predicted molar refractivity (Wildman–Crippen MR) is 84.6 cm³/mol. The zero-order valence-electron chi connectivity index (χ0n) is 11.9. The minimum absolute atomic E-state index is 1.32. The minimum atomic E-state index is 1.32. The summed E-state index contributed by atoms with van der Waals surface area (Å²) in [5, 5.41) is 2.67. The van der Waals surface area contributed by atoms with Crippen molar-refractivity contribution in [3.63, 3.8) is 0 Å². The molecule has 0 aliphatic heterocycles. The molecular weight excluding hydrogens is 228 g/mol. The van der Waals surface area contributed by atoms with E-state index in [0.717, 1.165) is 0 Å². The van der Waals surface area contributed by atoms with Gasteiger partial charge in [0.25, 0.3) is 0 Å². The van der Waals surface area contributed by atoms with Crippen molar-refractivity contribution in [3.05, 3.63) is 83.4 Å². The van der Waals surface area contributed by atoms with Crippen LogP contribution in [0.2, 0.25) is 0 Å². The van der Waals surface area contributed by atoms with Crippen molar-refractivity contribution in [2.24, 2.45) is 0 Å². The summed E-state index contributed by atoms with van der Waals surface area (Å²) in [6.07, 6.45) is 0. The molecule has 0 spiro atoms. The molecule has 0 saturated heterocycles. The third-order valence-electron chi connectivity index (χ3n) is 3.09. The first kappa shape index (κ1) is 13.4. The van der Waals surface area contributed by atoms with Crippen LogP contribution in [0.25, 0.3) is 10.8 Å². The average molecular weight is 248 g/mol. The van der Waals surface area contributed by atoms with E-state index in [0.29, 0.717) is 0 Å². The smallest absolute Gasteiger partial charge is 0.0181 e. The molecule has 3 aromatic rings. The summed E-state index contributed by atoms with van der Waals surface area (Å²) in [5.41, 5.74) is 3.97. The number of rotatable bonds is 0. The van der Waals surface area contributed by atoms with E-state index in [4.69, 9.17) is 0 Å². The quantitative estimate of drug-likeness (QED) is 0.496. The fraction of sp³-hybridized carbons (Fsp3) is 0.158. The van der Waals surface area contributed by atoms with Crippen molar-refractivity contribution >= 4 is 10.8 Å². The van der Waals surface area contributed by atoms with Gasteiger partial charge in [-0.25, -0.2) is 0 Å². The Kier molecular flexibility index (Phi) is 4.35. The molecule has 0 radical (unpaired) electrons. The maximum atomic E-state index is 2.22. The zero-order chi connectivity index (χ0) is 13.7. The van der Waals surface area contributed by atoms with Crippen LogP contribution in [0.1, 0.15) is 16.7 Å². The average Bonchev–Trinajstić information content (AvgIpc) is 2.41. The van der Waals surface area contributed by atoms with Crippen LogP contribution in [0.15, 0.2) is 66.7 Å². The van der Waals surface area contributed by atoms with E-state index in [1.165, 1.54) is 27.5 Å². The summed E-state index contributed by atoms with van der Waals surface area (Å²) in [7, 11) is 0. The first-order valence-electron chi connectivity index (χ1n) is 6.64. The highest BCUT2D eigenvalue weighted by Gasteiger charge is 1.92. The van der Waals surface area contributed by atoms with E-state index >= 15 is 0 Å². The molecule has 0 aliphatic rings. The third kappa shape index (κ3) is 3.96. The summed E-state index contributed by atoms with van der Waals surface area (Å²) in [5.74, 6) is 0. The number of benzene rings is 3. The minimum Gasteiger partial charge on any atom is -0.0622 e. The van der Waals surface area contributed by atoms with Crippen LogP contribution in [0, 0.1) is 20.8 Å². The van der Waals surface area contributed by atoms with E-state index < -0.39 is 0 Å². The summed E-state index contributed by atoms with van der Waals surface area (Å²) in [4.78, 5) is 0. The second-order valence-corrected chi connectivity index (χ2v) is 5.01. The Morgan fingerprint density at radius 2 is 0.947 bits per heavy atom. The van der Waals surface area contributed by atoms with Crippen LogP contribution in [-0.4, -0.2) is 0 Å². The first-order chi connectivity index (χ1) is 9.15. The Morgan fingerprint density at radius 3 is 1.32 bits per heavy atom. The lowest BCUT2D eigenvalue weighted by atomic mass is 10.1. The largest absolute Gasteiger partial charge is 0.0622 e. The normalized spacial score (nSPS) is 9.84. The van der Waals surface area contributed by atoms with Gasteiger partial charge >= 0.3 is 0 Å². The van der Waals surface area contributed by atoms with Gasteiger partial charge in [0.15, 0.2) is 0 Å².